The first-order valence-corrected chi connectivity index (χ1v) is 19.4. The molecule has 4 aliphatic rings. The Hall–Kier alpha value is -2.74. The summed E-state index contributed by atoms with van der Waals surface area (Å²) in [6, 6.07) is 3.24. The first-order valence-electron chi connectivity index (χ1n) is 17.6. The fraction of sp³-hybridized carbons (Fsp3) is 0.550. The second-order valence-corrected chi connectivity index (χ2v) is 15.8. The fourth-order valence-electron chi connectivity index (χ4n) is 7.65. The van der Waals surface area contributed by atoms with Crippen LogP contribution in [-0.2, 0) is 14.3 Å². The van der Waals surface area contributed by atoms with Gasteiger partial charge in [0.25, 0.3) is 5.91 Å². The van der Waals surface area contributed by atoms with Crippen molar-refractivity contribution in [3.63, 3.8) is 0 Å². The molecule has 1 aromatic rings. The summed E-state index contributed by atoms with van der Waals surface area (Å²) in [6.07, 6.45) is 27.5. The number of aliphatic carboxylic acids is 1. The van der Waals surface area contributed by atoms with Gasteiger partial charge in [0.2, 0.25) is 0 Å². The maximum Gasteiger partial charge on any atom is 0.326 e. The number of halogens is 1. The molecule has 1 saturated carbocycles. The molecule has 8 heteroatoms. The van der Waals surface area contributed by atoms with Crippen LogP contribution in [-0.4, -0.2) is 41.6 Å². The molecule has 1 fully saturated rings. The standard InChI is InChI=1S/C40H52ClNO5S/c1-26-9-8-10-27(2)37(26)32-24-40(3,21-19-31(32)38(43)42-33(39(44)45)20-22-48-4)25-46-36(23-28-11-6-5-7-12-28)35-18-17-34(47-35)29-13-15-30(41)16-14-29/h8-10,13,15-19,24,26,28-29,33,36-37H,5-7,11-12,14,20-23,25H2,1-4H3,(H,42,43)(H,44,45)/t26?,29?,33-,36?,37?,40?/m0/s1. The molecule has 1 amide bonds. The Bertz CT molecular complexity index is 1490. The lowest BCUT2D eigenvalue weighted by atomic mass is 9.69. The van der Waals surface area contributed by atoms with Gasteiger partial charge in [-0.3, -0.25) is 4.79 Å². The molecule has 1 aromatic heterocycles. The van der Waals surface area contributed by atoms with Gasteiger partial charge < -0.3 is 19.6 Å². The molecule has 6 atom stereocenters. The lowest BCUT2D eigenvalue weighted by molar-refractivity contribution is -0.141. The van der Waals surface area contributed by atoms with Crippen molar-refractivity contribution in [2.24, 2.45) is 23.2 Å². The number of carbonyl (C=O) groups excluding carboxylic acids is 1. The summed E-state index contributed by atoms with van der Waals surface area (Å²) < 4.78 is 13.4. The van der Waals surface area contributed by atoms with E-state index in [9.17, 15) is 14.7 Å². The van der Waals surface area contributed by atoms with E-state index in [0.29, 0.717) is 36.7 Å². The van der Waals surface area contributed by atoms with Crippen LogP contribution in [0, 0.1) is 23.2 Å². The minimum Gasteiger partial charge on any atom is -0.480 e. The summed E-state index contributed by atoms with van der Waals surface area (Å²) in [5, 5.41) is 13.4. The van der Waals surface area contributed by atoms with Crippen molar-refractivity contribution in [2.75, 3.05) is 18.6 Å². The van der Waals surface area contributed by atoms with E-state index < -0.39 is 12.0 Å². The summed E-state index contributed by atoms with van der Waals surface area (Å²) in [5.41, 5.74) is 2.35. The third-order valence-electron chi connectivity index (χ3n) is 10.4. The summed E-state index contributed by atoms with van der Waals surface area (Å²) >= 11 is 7.75. The maximum atomic E-state index is 13.8. The average molecular weight is 694 g/mol. The summed E-state index contributed by atoms with van der Waals surface area (Å²) in [4.78, 5) is 25.8. The van der Waals surface area contributed by atoms with Crippen molar-refractivity contribution in [2.45, 2.75) is 96.6 Å². The number of carboxylic acid groups (broad SMARTS) is 1. The molecular formula is C40H52ClNO5S. The van der Waals surface area contributed by atoms with Gasteiger partial charge in [0.1, 0.15) is 23.7 Å². The Labute approximate surface area is 295 Å². The van der Waals surface area contributed by atoms with Gasteiger partial charge >= 0.3 is 5.97 Å². The number of carbonyl (C=O) groups is 2. The number of hydrogen-bond donors (Lipinski definition) is 2. The van der Waals surface area contributed by atoms with Gasteiger partial charge in [-0.15, -0.1) is 0 Å². The normalized spacial score (nSPS) is 27.4. The van der Waals surface area contributed by atoms with Gasteiger partial charge in [-0.2, -0.15) is 11.8 Å². The lowest BCUT2D eigenvalue weighted by Gasteiger charge is -2.37. The Morgan fingerprint density at radius 3 is 2.67 bits per heavy atom. The highest BCUT2D eigenvalue weighted by Crippen LogP contribution is 2.44. The molecule has 6 nitrogen and oxygen atoms in total. The monoisotopic (exact) mass is 693 g/mol. The Morgan fingerprint density at radius 2 is 1.98 bits per heavy atom. The molecule has 2 N–H and O–H groups in total. The van der Waals surface area contributed by atoms with E-state index in [1.807, 2.05) is 24.5 Å². The first kappa shape index (κ1) is 36.5. The van der Waals surface area contributed by atoms with Gasteiger partial charge in [-0.1, -0.05) is 106 Å². The Morgan fingerprint density at radius 1 is 1.19 bits per heavy atom. The van der Waals surface area contributed by atoms with Crippen molar-refractivity contribution in [1.82, 2.24) is 5.32 Å². The Kier molecular flexibility index (Phi) is 12.8. The van der Waals surface area contributed by atoms with E-state index in [2.05, 4.69) is 68.6 Å². The molecule has 1 heterocycles. The summed E-state index contributed by atoms with van der Waals surface area (Å²) in [7, 11) is 0. The van der Waals surface area contributed by atoms with Crippen molar-refractivity contribution < 1.29 is 23.8 Å². The topological polar surface area (TPSA) is 88.8 Å². The third kappa shape index (κ3) is 9.28. The fourth-order valence-corrected chi connectivity index (χ4v) is 8.28. The molecule has 0 aliphatic heterocycles. The van der Waals surface area contributed by atoms with Gasteiger partial charge in [0.05, 0.1) is 6.61 Å². The molecular weight excluding hydrogens is 642 g/mol. The molecule has 0 bridgehead atoms. The van der Waals surface area contributed by atoms with Crippen molar-refractivity contribution in [3.05, 3.63) is 94.0 Å². The summed E-state index contributed by atoms with van der Waals surface area (Å²) in [6.45, 7) is 6.96. The smallest absolute Gasteiger partial charge is 0.326 e. The summed E-state index contributed by atoms with van der Waals surface area (Å²) in [5.74, 6) is 2.10. The second kappa shape index (κ2) is 16.8. The highest BCUT2D eigenvalue weighted by atomic mass is 35.5. The van der Waals surface area contributed by atoms with Crippen LogP contribution in [0.4, 0.5) is 0 Å². The molecule has 0 saturated heterocycles. The molecule has 4 aliphatic carbocycles. The second-order valence-electron chi connectivity index (χ2n) is 14.4. The van der Waals surface area contributed by atoms with E-state index in [1.54, 1.807) is 11.8 Å². The molecule has 260 valence electrons. The number of allylic oxidation sites excluding steroid dienone is 9. The number of rotatable bonds is 14. The minimum absolute atomic E-state index is 0.0119. The molecule has 5 unspecified atom stereocenters. The predicted octanol–water partition coefficient (Wildman–Crippen LogP) is 9.83. The zero-order valence-corrected chi connectivity index (χ0v) is 30.5. The van der Waals surface area contributed by atoms with Gasteiger partial charge in [0, 0.05) is 27.9 Å². The number of hydrogen-bond acceptors (Lipinski definition) is 5. The quantitative estimate of drug-likeness (QED) is 0.202. The minimum atomic E-state index is -1.01. The lowest BCUT2D eigenvalue weighted by Crippen LogP contribution is -2.43. The number of nitrogens with one attached hydrogen (secondary N) is 1. The van der Waals surface area contributed by atoms with Crippen LogP contribution in [0.1, 0.15) is 102 Å². The highest BCUT2D eigenvalue weighted by Gasteiger charge is 2.37. The number of thioether (sulfide) groups is 1. The molecule has 5 rings (SSSR count). The average Bonchev–Trinajstić information content (AvgIpc) is 3.56. The Balaban J connectivity index is 1.39. The van der Waals surface area contributed by atoms with Crippen LogP contribution in [0.2, 0.25) is 0 Å². The van der Waals surface area contributed by atoms with Crippen molar-refractivity contribution in [1.29, 1.82) is 0 Å². The van der Waals surface area contributed by atoms with Crippen LogP contribution >= 0.6 is 23.4 Å². The van der Waals surface area contributed by atoms with Gasteiger partial charge in [-0.25, -0.2) is 4.79 Å². The number of amides is 1. The van der Waals surface area contributed by atoms with E-state index in [0.717, 1.165) is 35.0 Å². The largest absolute Gasteiger partial charge is 0.480 e. The highest BCUT2D eigenvalue weighted by molar-refractivity contribution is 7.98. The first-order chi connectivity index (χ1) is 23.1. The maximum absolute atomic E-state index is 13.8. The van der Waals surface area contributed by atoms with Gasteiger partial charge in [0.15, 0.2) is 0 Å². The van der Waals surface area contributed by atoms with E-state index in [-0.39, 0.29) is 35.2 Å². The molecule has 0 radical (unpaired) electrons. The molecule has 0 aromatic carbocycles. The van der Waals surface area contributed by atoms with Crippen LogP contribution in [0.25, 0.3) is 0 Å². The number of carboxylic acids is 1. The number of furan rings is 1. The number of ether oxygens (including phenoxy) is 1. The van der Waals surface area contributed by atoms with Crippen LogP contribution in [0.5, 0.6) is 0 Å². The third-order valence-corrected chi connectivity index (χ3v) is 11.4. The van der Waals surface area contributed by atoms with E-state index >= 15 is 0 Å². The van der Waals surface area contributed by atoms with Gasteiger partial charge in [-0.05, 0) is 80.2 Å². The van der Waals surface area contributed by atoms with Crippen molar-refractivity contribution >= 4 is 35.2 Å². The predicted molar refractivity (Wildman–Crippen MR) is 196 cm³/mol. The van der Waals surface area contributed by atoms with Crippen molar-refractivity contribution in [3.8, 4) is 0 Å². The van der Waals surface area contributed by atoms with E-state index in [1.165, 1.54) is 37.7 Å². The van der Waals surface area contributed by atoms with Crippen LogP contribution < -0.4 is 5.32 Å². The molecule has 0 spiro atoms. The van der Waals surface area contributed by atoms with Crippen LogP contribution in [0.3, 0.4) is 0 Å². The molecule has 48 heavy (non-hydrogen) atoms. The zero-order chi connectivity index (χ0) is 34.3. The zero-order valence-electron chi connectivity index (χ0n) is 28.9. The SMILES string of the molecule is CSCC[C@H](NC(=O)C1=CCC(C)(COC(CC2CCCCC2)c2ccc(C3C=CC(Cl)=CC3)o2)C=C1C1C(C)=CC=CC1C)C(=O)O. The van der Waals surface area contributed by atoms with Crippen LogP contribution in [0.15, 0.2) is 86.9 Å². The van der Waals surface area contributed by atoms with E-state index in [4.69, 9.17) is 20.8 Å².